The Labute approximate surface area is 105 Å². The summed E-state index contributed by atoms with van der Waals surface area (Å²) in [5, 5.41) is 9.38. The number of amides is 1. The predicted octanol–water partition coefficient (Wildman–Crippen LogP) is 1.99. The molecule has 5 heteroatoms. The molecule has 18 heavy (non-hydrogen) atoms. The summed E-state index contributed by atoms with van der Waals surface area (Å²) in [6, 6.07) is 7.45. The number of nitrogens with zero attached hydrogens (tertiary/aromatic N) is 1. The Morgan fingerprint density at radius 1 is 1.50 bits per heavy atom. The molecule has 1 aromatic heterocycles. The third kappa shape index (κ3) is 2.57. The van der Waals surface area contributed by atoms with Gasteiger partial charge in [-0.2, -0.15) is 5.10 Å². The number of carbonyl (C=O) groups is 1. The summed E-state index contributed by atoms with van der Waals surface area (Å²) in [6.07, 6.45) is 1.51. The summed E-state index contributed by atoms with van der Waals surface area (Å²) >= 11 is 0. The second-order valence-electron chi connectivity index (χ2n) is 4.28. The Kier molecular flexibility index (Phi) is 3.43. The van der Waals surface area contributed by atoms with Crippen molar-refractivity contribution in [3.8, 4) is 0 Å². The number of aromatic amines is 1. The first-order valence-electron chi connectivity index (χ1n) is 5.75. The molecule has 1 amide bonds. The number of carbonyl (C=O) groups excluding carboxylic acids is 1. The molecule has 0 aliphatic rings. The quantitative estimate of drug-likeness (QED) is 0.772. The van der Waals surface area contributed by atoms with Crippen molar-refractivity contribution in [1.82, 2.24) is 10.2 Å². The van der Waals surface area contributed by atoms with Crippen LogP contribution in [0.25, 0.3) is 0 Å². The lowest BCUT2D eigenvalue weighted by Gasteiger charge is -2.09. The molecule has 5 nitrogen and oxygen atoms in total. The van der Waals surface area contributed by atoms with E-state index < -0.39 is 0 Å². The molecule has 0 spiro atoms. The van der Waals surface area contributed by atoms with Gasteiger partial charge >= 0.3 is 0 Å². The lowest BCUT2D eigenvalue weighted by molar-refractivity contribution is 0.102. The van der Waals surface area contributed by atoms with E-state index in [1.165, 1.54) is 6.20 Å². The summed E-state index contributed by atoms with van der Waals surface area (Å²) in [7, 11) is 0. The maximum absolute atomic E-state index is 12.0. The Balaban J connectivity index is 2.17. The van der Waals surface area contributed by atoms with Gasteiger partial charge < -0.3 is 11.1 Å². The van der Waals surface area contributed by atoms with Crippen LogP contribution in [-0.4, -0.2) is 16.1 Å². The molecule has 2 rings (SSSR count). The summed E-state index contributed by atoms with van der Waals surface area (Å²) < 4.78 is 0. The molecule has 0 saturated carbocycles. The van der Waals surface area contributed by atoms with Gasteiger partial charge in [-0.1, -0.05) is 12.1 Å². The zero-order chi connectivity index (χ0) is 13.1. The number of hydrogen-bond donors (Lipinski definition) is 3. The van der Waals surface area contributed by atoms with Crippen LogP contribution in [-0.2, 0) is 0 Å². The standard InChI is InChI=1S/C13H16N4O/c1-8(14)10-4-3-5-11(6-10)16-13(18)12-7-15-17-9(12)2/h3-8H,14H2,1-2H3,(H,15,17)(H,16,18). The zero-order valence-corrected chi connectivity index (χ0v) is 10.4. The molecule has 0 radical (unpaired) electrons. The first-order chi connectivity index (χ1) is 8.58. The Morgan fingerprint density at radius 3 is 2.89 bits per heavy atom. The van der Waals surface area contributed by atoms with Gasteiger partial charge in [0, 0.05) is 17.4 Å². The lowest BCUT2D eigenvalue weighted by atomic mass is 10.1. The highest BCUT2D eigenvalue weighted by atomic mass is 16.1. The summed E-state index contributed by atoms with van der Waals surface area (Å²) in [5.74, 6) is -0.178. The molecular weight excluding hydrogens is 228 g/mol. The minimum atomic E-state index is -0.178. The average molecular weight is 244 g/mol. The molecule has 1 aromatic carbocycles. The van der Waals surface area contributed by atoms with E-state index in [4.69, 9.17) is 5.73 Å². The maximum atomic E-state index is 12.0. The van der Waals surface area contributed by atoms with Gasteiger partial charge in [0.05, 0.1) is 11.8 Å². The number of nitrogens with one attached hydrogen (secondary N) is 2. The van der Waals surface area contributed by atoms with Crippen LogP contribution in [0.1, 0.15) is 34.6 Å². The SMILES string of the molecule is Cc1[nH]ncc1C(=O)Nc1cccc(C(C)N)c1. The fourth-order valence-corrected chi connectivity index (χ4v) is 1.68. The van der Waals surface area contributed by atoms with Crippen LogP contribution < -0.4 is 11.1 Å². The molecule has 0 aliphatic heterocycles. The molecule has 0 bridgehead atoms. The van der Waals surface area contributed by atoms with Crippen molar-refractivity contribution in [1.29, 1.82) is 0 Å². The second kappa shape index (κ2) is 5.01. The van der Waals surface area contributed by atoms with Gasteiger partial charge in [-0.25, -0.2) is 0 Å². The van der Waals surface area contributed by atoms with E-state index in [0.717, 1.165) is 16.9 Å². The van der Waals surface area contributed by atoms with Crippen molar-refractivity contribution in [2.45, 2.75) is 19.9 Å². The van der Waals surface area contributed by atoms with Crippen LogP contribution in [0.5, 0.6) is 0 Å². The molecule has 0 fully saturated rings. The molecule has 0 aliphatic carbocycles. The fraction of sp³-hybridized carbons (Fsp3) is 0.231. The minimum absolute atomic E-state index is 0.0579. The van der Waals surface area contributed by atoms with Crippen molar-refractivity contribution in [3.05, 3.63) is 47.3 Å². The smallest absolute Gasteiger partial charge is 0.259 e. The van der Waals surface area contributed by atoms with Crippen molar-refractivity contribution in [2.75, 3.05) is 5.32 Å². The topological polar surface area (TPSA) is 83.8 Å². The molecule has 2 aromatic rings. The van der Waals surface area contributed by atoms with E-state index in [-0.39, 0.29) is 11.9 Å². The van der Waals surface area contributed by atoms with Gasteiger partial charge in [0.25, 0.3) is 5.91 Å². The lowest BCUT2D eigenvalue weighted by Crippen LogP contribution is -2.13. The van der Waals surface area contributed by atoms with E-state index in [1.807, 2.05) is 31.2 Å². The summed E-state index contributed by atoms with van der Waals surface area (Å²) in [4.78, 5) is 12.0. The summed E-state index contributed by atoms with van der Waals surface area (Å²) in [5.41, 5.74) is 8.81. The highest BCUT2D eigenvalue weighted by Gasteiger charge is 2.11. The molecule has 0 saturated heterocycles. The van der Waals surface area contributed by atoms with Crippen molar-refractivity contribution in [3.63, 3.8) is 0 Å². The second-order valence-corrected chi connectivity index (χ2v) is 4.28. The maximum Gasteiger partial charge on any atom is 0.259 e. The van der Waals surface area contributed by atoms with Crippen LogP contribution in [0.3, 0.4) is 0 Å². The minimum Gasteiger partial charge on any atom is -0.324 e. The number of H-pyrrole nitrogens is 1. The average Bonchev–Trinajstić information content (AvgIpc) is 2.76. The van der Waals surface area contributed by atoms with Crippen molar-refractivity contribution >= 4 is 11.6 Å². The first-order valence-corrected chi connectivity index (χ1v) is 5.75. The third-order valence-corrected chi connectivity index (χ3v) is 2.74. The largest absolute Gasteiger partial charge is 0.324 e. The highest BCUT2D eigenvalue weighted by molar-refractivity contribution is 6.04. The van der Waals surface area contributed by atoms with Gasteiger partial charge in [-0.3, -0.25) is 9.89 Å². The molecule has 1 unspecified atom stereocenters. The van der Waals surface area contributed by atoms with Crippen LogP contribution in [0, 0.1) is 6.92 Å². The van der Waals surface area contributed by atoms with E-state index in [9.17, 15) is 4.79 Å². The first kappa shape index (κ1) is 12.3. The van der Waals surface area contributed by atoms with Gasteiger partial charge in [-0.05, 0) is 31.5 Å². The molecular formula is C13H16N4O. The number of aromatic nitrogens is 2. The van der Waals surface area contributed by atoms with Crippen LogP contribution in [0.2, 0.25) is 0 Å². The van der Waals surface area contributed by atoms with Crippen LogP contribution in [0.4, 0.5) is 5.69 Å². The zero-order valence-electron chi connectivity index (χ0n) is 10.4. The van der Waals surface area contributed by atoms with E-state index in [2.05, 4.69) is 15.5 Å². The van der Waals surface area contributed by atoms with Gasteiger partial charge in [-0.15, -0.1) is 0 Å². The van der Waals surface area contributed by atoms with Crippen molar-refractivity contribution < 1.29 is 4.79 Å². The molecule has 4 N–H and O–H groups in total. The number of aryl methyl sites for hydroxylation is 1. The van der Waals surface area contributed by atoms with E-state index in [0.29, 0.717) is 5.56 Å². The van der Waals surface area contributed by atoms with Gasteiger partial charge in [0.15, 0.2) is 0 Å². The number of hydrogen-bond acceptors (Lipinski definition) is 3. The summed E-state index contributed by atoms with van der Waals surface area (Å²) in [6.45, 7) is 3.71. The number of benzene rings is 1. The van der Waals surface area contributed by atoms with Crippen LogP contribution >= 0.6 is 0 Å². The Bertz CT molecular complexity index is 560. The van der Waals surface area contributed by atoms with Crippen molar-refractivity contribution in [2.24, 2.45) is 5.73 Å². The van der Waals surface area contributed by atoms with Gasteiger partial charge in [0.1, 0.15) is 0 Å². The van der Waals surface area contributed by atoms with Crippen LogP contribution in [0.15, 0.2) is 30.5 Å². The van der Waals surface area contributed by atoms with Gasteiger partial charge in [0.2, 0.25) is 0 Å². The molecule has 1 heterocycles. The van der Waals surface area contributed by atoms with E-state index >= 15 is 0 Å². The highest BCUT2D eigenvalue weighted by Crippen LogP contribution is 2.16. The molecule has 94 valence electrons. The number of anilines is 1. The monoisotopic (exact) mass is 244 g/mol. The van der Waals surface area contributed by atoms with E-state index in [1.54, 1.807) is 6.92 Å². The normalized spacial score (nSPS) is 12.2. The Hall–Kier alpha value is -2.14. The Morgan fingerprint density at radius 2 is 2.28 bits per heavy atom. The molecule has 1 atom stereocenters. The fourth-order valence-electron chi connectivity index (χ4n) is 1.68. The predicted molar refractivity (Wildman–Crippen MR) is 70.3 cm³/mol. The third-order valence-electron chi connectivity index (χ3n) is 2.74. The number of rotatable bonds is 3. The number of nitrogens with two attached hydrogens (primary N) is 1.